The quantitative estimate of drug-likeness (QED) is 0.828. The number of esters is 1. The van der Waals surface area contributed by atoms with Crippen LogP contribution in [0.1, 0.15) is 34.1 Å². The van der Waals surface area contributed by atoms with Gasteiger partial charge in [-0.3, -0.25) is 9.59 Å². The van der Waals surface area contributed by atoms with Gasteiger partial charge in [0.25, 0.3) is 0 Å². The van der Waals surface area contributed by atoms with Crippen LogP contribution >= 0.6 is 0 Å². The van der Waals surface area contributed by atoms with Crippen LogP contribution in [0.15, 0.2) is 30.3 Å². The van der Waals surface area contributed by atoms with Gasteiger partial charge >= 0.3 is 5.97 Å². The van der Waals surface area contributed by atoms with Crippen LogP contribution in [0.3, 0.4) is 0 Å². The molecule has 0 heterocycles. The summed E-state index contributed by atoms with van der Waals surface area (Å²) in [4.78, 5) is 23.4. The number of primary amides is 1. The van der Waals surface area contributed by atoms with Crippen molar-refractivity contribution < 1.29 is 15.7 Å². The molecule has 1 aromatic rings. The average molecular weight is 264 g/mol. The van der Waals surface area contributed by atoms with Crippen molar-refractivity contribution in [3.05, 3.63) is 35.9 Å². The van der Waals surface area contributed by atoms with E-state index in [-0.39, 0.29) is 12.8 Å². The van der Waals surface area contributed by atoms with Crippen LogP contribution in [-0.2, 0) is 20.7 Å². The molecule has 1 amide bonds. The standard InChI is InChI=1S/C15H21NO3/c1-15(2,3)19-13(17)10-12(14(16)18)9-11-7-5-4-6-8-11/h4-8,12H,9-10H2,1-3H3,(H2,16,18)/t12-/m1/s1/i12D. The van der Waals surface area contributed by atoms with E-state index in [1.54, 1.807) is 32.9 Å². The van der Waals surface area contributed by atoms with E-state index in [2.05, 4.69) is 0 Å². The largest absolute Gasteiger partial charge is 0.460 e. The summed E-state index contributed by atoms with van der Waals surface area (Å²) >= 11 is 0. The van der Waals surface area contributed by atoms with Gasteiger partial charge < -0.3 is 10.5 Å². The molecule has 0 saturated carbocycles. The molecule has 0 radical (unpaired) electrons. The molecule has 0 aliphatic carbocycles. The SMILES string of the molecule is [2H][C@](CC(=O)OC(C)(C)C)(Cc1ccccc1)C(N)=O. The second-order valence-corrected chi connectivity index (χ2v) is 5.39. The zero-order valence-corrected chi connectivity index (χ0v) is 11.6. The number of ether oxygens (including phenoxy) is 1. The lowest BCUT2D eigenvalue weighted by molar-refractivity contribution is -0.157. The van der Waals surface area contributed by atoms with E-state index >= 15 is 0 Å². The van der Waals surface area contributed by atoms with Crippen LogP contribution in [0.4, 0.5) is 0 Å². The molecule has 4 nitrogen and oxygen atoms in total. The summed E-state index contributed by atoms with van der Waals surface area (Å²) in [6, 6.07) is 9.05. The van der Waals surface area contributed by atoms with Gasteiger partial charge in [0, 0.05) is 1.37 Å². The van der Waals surface area contributed by atoms with Crippen molar-refractivity contribution in [3.63, 3.8) is 0 Å². The predicted octanol–water partition coefficient (Wildman–Crippen LogP) is 2.06. The van der Waals surface area contributed by atoms with E-state index in [1.165, 1.54) is 0 Å². The zero-order valence-electron chi connectivity index (χ0n) is 12.6. The third-order valence-corrected chi connectivity index (χ3v) is 2.39. The summed E-state index contributed by atoms with van der Waals surface area (Å²) in [6.07, 6.45) is -0.267. The van der Waals surface area contributed by atoms with Crippen molar-refractivity contribution in [1.29, 1.82) is 0 Å². The van der Waals surface area contributed by atoms with Crippen LogP contribution in [-0.4, -0.2) is 17.5 Å². The number of amides is 1. The first-order valence-corrected chi connectivity index (χ1v) is 6.18. The number of benzene rings is 1. The Morgan fingerprint density at radius 1 is 1.32 bits per heavy atom. The van der Waals surface area contributed by atoms with Gasteiger partial charge in [-0.15, -0.1) is 0 Å². The Hall–Kier alpha value is -1.84. The Kier molecular flexibility index (Phi) is 4.55. The Bertz CT molecular complexity index is 482. The molecule has 1 aromatic carbocycles. The molecule has 0 aromatic heterocycles. The lowest BCUT2D eigenvalue weighted by Gasteiger charge is -2.21. The number of rotatable bonds is 5. The molecule has 19 heavy (non-hydrogen) atoms. The van der Waals surface area contributed by atoms with E-state index < -0.39 is 23.4 Å². The van der Waals surface area contributed by atoms with Gasteiger partial charge in [-0.25, -0.2) is 0 Å². The summed E-state index contributed by atoms with van der Waals surface area (Å²) < 4.78 is 13.3. The van der Waals surface area contributed by atoms with Crippen LogP contribution in [0, 0.1) is 5.89 Å². The molecule has 104 valence electrons. The molecule has 0 aliphatic heterocycles. The van der Waals surface area contributed by atoms with Crippen molar-refractivity contribution in [2.45, 2.75) is 39.2 Å². The van der Waals surface area contributed by atoms with Crippen molar-refractivity contribution in [1.82, 2.24) is 0 Å². The van der Waals surface area contributed by atoms with Crippen molar-refractivity contribution in [2.24, 2.45) is 11.6 Å². The van der Waals surface area contributed by atoms with E-state index in [9.17, 15) is 9.59 Å². The molecule has 0 fully saturated rings. The molecule has 2 N–H and O–H groups in total. The second-order valence-electron chi connectivity index (χ2n) is 5.39. The maximum Gasteiger partial charge on any atom is 0.307 e. The number of hydrogen-bond acceptors (Lipinski definition) is 3. The predicted molar refractivity (Wildman–Crippen MR) is 73.3 cm³/mol. The fourth-order valence-corrected chi connectivity index (χ4v) is 1.63. The first kappa shape index (κ1) is 13.6. The third-order valence-electron chi connectivity index (χ3n) is 2.39. The second kappa shape index (κ2) is 6.36. The van der Waals surface area contributed by atoms with Crippen molar-refractivity contribution >= 4 is 11.9 Å². The average Bonchev–Trinajstić information content (AvgIpc) is 2.26. The fraction of sp³-hybridized carbons (Fsp3) is 0.467. The van der Waals surface area contributed by atoms with Gasteiger partial charge in [-0.1, -0.05) is 30.3 Å². The van der Waals surface area contributed by atoms with Crippen LogP contribution < -0.4 is 5.73 Å². The highest BCUT2D eigenvalue weighted by Crippen LogP contribution is 2.16. The first-order chi connectivity index (χ1) is 9.12. The highest BCUT2D eigenvalue weighted by Gasteiger charge is 2.24. The van der Waals surface area contributed by atoms with E-state index in [4.69, 9.17) is 11.8 Å². The van der Waals surface area contributed by atoms with Gasteiger partial charge in [-0.05, 0) is 32.8 Å². The molecule has 0 aliphatic rings. The fourth-order valence-electron chi connectivity index (χ4n) is 1.63. The molecular weight excluding hydrogens is 242 g/mol. The van der Waals surface area contributed by atoms with Gasteiger partial charge in [0.15, 0.2) is 0 Å². The Labute approximate surface area is 115 Å². The van der Waals surface area contributed by atoms with Crippen LogP contribution in [0.25, 0.3) is 0 Å². The van der Waals surface area contributed by atoms with Gasteiger partial charge in [0.1, 0.15) is 5.60 Å². The molecule has 1 atom stereocenters. The Morgan fingerprint density at radius 2 is 1.89 bits per heavy atom. The van der Waals surface area contributed by atoms with Gasteiger partial charge in [0.2, 0.25) is 5.91 Å². The molecular formula is C15H21NO3. The first-order valence-electron chi connectivity index (χ1n) is 6.68. The van der Waals surface area contributed by atoms with E-state index in [1.807, 2.05) is 18.2 Å². The van der Waals surface area contributed by atoms with E-state index in [0.717, 1.165) is 5.56 Å². The minimum absolute atomic E-state index is 0.0857. The number of nitrogens with two attached hydrogens (primary N) is 1. The minimum Gasteiger partial charge on any atom is -0.460 e. The zero-order chi connectivity index (χ0) is 15.4. The Morgan fingerprint density at radius 3 is 2.37 bits per heavy atom. The summed E-state index contributed by atoms with van der Waals surface area (Å²) in [5.41, 5.74) is 5.43. The van der Waals surface area contributed by atoms with E-state index in [0.29, 0.717) is 0 Å². The maximum atomic E-state index is 11.8. The lowest BCUT2D eigenvalue weighted by Crippen LogP contribution is -2.31. The molecule has 1 rings (SSSR count). The highest BCUT2D eigenvalue weighted by molar-refractivity contribution is 5.82. The normalized spacial score (nSPS) is 15.2. The van der Waals surface area contributed by atoms with Gasteiger partial charge in [-0.2, -0.15) is 0 Å². The van der Waals surface area contributed by atoms with Crippen molar-refractivity contribution in [3.8, 4) is 0 Å². The molecule has 0 bridgehead atoms. The number of carbonyl (C=O) groups excluding carboxylic acids is 2. The maximum absolute atomic E-state index is 11.8. The number of carbonyl (C=O) groups is 2. The highest BCUT2D eigenvalue weighted by atomic mass is 16.6. The monoisotopic (exact) mass is 264 g/mol. The van der Waals surface area contributed by atoms with Crippen LogP contribution in [0.2, 0.25) is 0 Å². The smallest absolute Gasteiger partial charge is 0.307 e. The Balaban J connectivity index is 2.82. The summed E-state index contributed by atoms with van der Waals surface area (Å²) in [5, 5.41) is 0. The summed E-state index contributed by atoms with van der Waals surface area (Å²) in [5.74, 6) is -3.11. The van der Waals surface area contributed by atoms with Crippen molar-refractivity contribution in [2.75, 3.05) is 0 Å². The summed E-state index contributed by atoms with van der Waals surface area (Å²) in [6.45, 7) is 5.20. The molecule has 0 spiro atoms. The molecule has 4 heteroatoms. The number of hydrogen-bond donors (Lipinski definition) is 1. The lowest BCUT2D eigenvalue weighted by atomic mass is 9.95. The minimum atomic E-state index is -1.69. The molecule has 0 saturated heterocycles. The van der Waals surface area contributed by atoms with Gasteiger partial charge in [0.05, 0.1) is 12.3 Å². The third kappa shape index (κ3) is 6.04. The molecule has 0 unspecified atom stereocenters. The van der Waals surface area contributed by atoms with Crippen LogP contribution in [0.5, 0.6) is 0 Å². The topological polar surface area (TPSA) is 69.4 Å². The summed E-state index contributed by atoms with van der Waals surface area (Å²) in [7, 11) is 0.